The van der Waals surface area contributed by atoms with E-state index in [1.807, 2.05) is 13.8 Å². The number of nitrogens with zero attached hydrogens (tertiary/aromatic N) is 1. The Morgan fingerprint density at radius 1 is 0.708 bits per heavy atom. The molecule has 118 valence electrons. The van der Waals surface area contributed by atoms with Crippen molar-refractivity contribution in [1.82, 2.24) is 0 Å². The molecule has 0 amide bonds. The second-order valence-corrected chi connectivity index (χ2v) is 6.38. The van der Waals surface area contributed by atoms with Crippen molar-refractivity contribution < 1.29 is 8.96 Å². The summed E-state index contributed by atoms with van der Waals surface area (Å²) >= 11 is 0. The summed E-state index contributed by atoms with van der Waals surface area (Å²) < 4.78 is 16.0. The van der Waals surface area contributed by atoms with Crippen LogP contribution in [0.3, 0.4) is 0 Å². The minimum absolute atomic E-state index is 0.177. The topological polar surface area (TPSA) is 3.88 Å². The molecule has 4 aromatic rings. The maximum absolute atomic E-state index is 13.8. The molecule has 0 saturated carbocycles. The van der Waals surface area contributed by atoms with Crippen LogP contribution >= 0.6 is 0 Å². The molecule has 2 heteroatoms. The fraction of sp³-hybridized carbons (Fsp3) is 0.136. The zero-order valence-corrected chi connectivity index (χ0v) is 14.1. The maximum atomic E-state index is 13.8. The summed E-state index contributed by atoms with van der Waals surface area (Å²) in [6, 6.07) is 20.1. The smallest absolute Gasteiger partial charge is 0.207 e. The summed E-state index contributed by atoms with van der Waals surface area (Å²) in [5.74, 6) is -0.177. The summed E-state index contributed by atoms with van der Waals surface area (Å²) in [4.78, 5) is 0. The zero-order chi connectivity index (χ0) is 16.8. The third kappa shape index (κ3) is 2.10. The lowest BCUT2D eigenvalue weighted by Crippen LogP contribution is -2.30. The van der Waals surface area contributed by atoms with E-state index in [4.69, 9.17) is 0 Å². The number of para-hydroxylation sites is 2. The number of halogens is 1. The maximum Gasteiger partial charge on any atom is 0.213 e. The van der Waals surface area contributed by atoms with Crippen molar-refractivity contribution in [2.45, 2.75) is 13.8 Å². The van der Waals surface area contributed by atoms with Crippen LogP contribution in [0.25, 0.3) is 32.9 Å². The van der Waals surface area contributed by atoms with Crippen molar-refractivity contribution in [3.63, 3.8) is 0 Å². The first-order chi connectivity index (χ1) is 11.6. The predicted octanol–water partition coefficient (Wildman–Crippen LogP) is 5.24. The van der Waals surface area contributed by atoms with Gasteiger partial charge in [-0.25, -0.2) is 4.39 Å². The Bertz CT molecular complexity index is 1020. The second kappa shape index (κ2) is 5.41. The van der Waals surface area contributed by atoms with E-state index in [0.29, 0.717) is 0 Å². The van der Waals surface area contributed by atoms with E-state index in [-0.39, 0.29) is 5.82 Å². The highest BCUT2D eigenvalue weighted by molar-refractivity contribution is 6.08. The SMILES string of the molecule is Cc1cc(F)cc(C)c1-c1c2ccccc2[n+](C)c2ccccc12. The van der Waals surface area contributed by atoms with Crippen LogP contribution in [0.4, 0.5) is 4.39 Å². The fourth-order valence-electron chi connectivity index (χ4n) is 3.80. The van der Waals surface area contributed by atoms with Gasteiger partial charge in [0, 0.05) is 17.7 Å². The molecule has 24 heavy (non-hydrogen) atoms. The first-order valence-corrected chi connectivity index (χ1v) is 8.14. The fourth-order valence-corrected chi connectivity index (χ4v) is 3.80. The summed E-state index contributed by atoms with van der Waals surface area (Å²) in [5.41, 5.74) is 6.61. The number of benzene rings is 3. The van der Waals surface area contributed by atoms with Crippen molar-refractivity contribution in [3.05, 3.63) is 77.6 Å². The average molecular weight is 316 g/mol. The van der Waals surface area contributed by atoms with Crippen LogP contribution in [0.15, 0.2) is 60.7 Å². The molecule has 4 rings (SSSR count). The van der Waals surface area contributed by atoms with Crippen LogP contribution in [-0.4, -0.2) is 0 Å². The minimum atomic E-state index is -0.177. The van der Waals surface area contributed by atoms with Crippen molar-refractivity contribution in [2.24, 2.45) is 7.05 Å². The highest BCUT2D eigenvalue weighted by atomic mass is 19.1. The summed E-state index contributed by atoms with van der Waals surface area (Å²) in [6.07, 6.45) is 0. The van der Waals surface area contributed by atoms with Crippen LogP contribution in [0, 0.1) is 19.7 Å². The molecule has 0 aliphatic heterocycles. The molecule has 0 unspecified atom stereocenters. The van der Waals surface area contributed by atoms with Gasteiger partial charge in [-0.2, -0.15) is 4.57 Å². The van der Waals surface area contributed by atoms with E-state index in [0.717, 1.165) is 16.7 Å². The van der Waals surface area contributed by atoms with Crippen molar-refractivity contribution >= 4 is 21.8 Å². The Kier molecular flexibility index (Phi) is 3.34. The van der Waals surface area contributed by atoms with Gasteiger partial charge in [0.1, 0.15) is 12.9 Å². The van der Waals surface area contributed by atoms with Crippen molar-refractivity contribution in [2.75, 3.05) is 0 Å². The third-order valence-corrected chi connectivity index (χ3v) is 4.82. The zero-order valence-electron chi connectivity index (χ0n) is 14.1. The lowest BCUT2D eigenvalue weighted by molar-refractivity contribution is -0.617. The molecule has 0 aliphatic rings. The van der Waals surface area contributed by atoms with Gasteiger partial charge in [-0.3, -0.25) is 0 Å². The molecule has 0 N–H and O–H groups in total. The van der Waals surface area contributed by atoms with Crippen LogP contribution in [0.1, 0.15) is 11.1 Å². The van der Waals surface area contributed by atoms with E-state index in [2.05, 4.69) is 60.1 Å². The molecule has 1 aromatic heterocycles. The molecule has 0 aliphatic carbocycles. The van der Waals surface area contributed by atoms with Crippen molar-refractivity contribution in [3.8, 4) is 11.1 Å². The first-order valence-electron chi connectivity index (χ1n) is 8.14. The number of aromatic nitrogens is 1. The molecule has 3 aromatic carbocycles. The number of aryl methyl sites for hydroxylation is 3. The monoisotopic (exact) mass is 316 g/mol. The molecule has 0 bridgehead atoms. The number of rotatable bonds is 1. The highest BCUT2D eigenvalue weighted by Crippen LogP contribution is 2.37. The van der Waals surface area contributed by atoms with Crippen LogP contribution < -0.4 is 4.57 Å². The van der Waals surface area contributed by atoms with E-state index in [1.54, 1.807) is 12.1 Å². The Balaban J connectivity index is 2.28. The van der Waals surface area contributed by atoms with Gasteiger partial charge in [0.2, 0.25) is 11.0 Å². The molecule has 0 saturated heterocycles. The predicted molar refractivity (Wildman–Crippen MR) is 97.5 cm³/mol. The van der Waals surface area contributed by atoms with Gasteiger partial charge >= 0.3 is 0 Å². The van der Waals surface area contributed by atoms with Gasteiger partial charge in [-0.1, -0.05) is 24.3 Å². The van der Waals surface area contributed by atoms with Gasteiger partial charge in [-0.05, 0) is 54.8 Å². The van der Waals surface area contributed by atoms with Crippen LogP contribution in [-0.2, 0) is 7.05 Å². The van der Waals surface area contributed by atoms with Crippen LogP contribution in [0.5, 0.6) is 0 Å². The van der Waals surface area contributed by atoms with E-state index >= 15 is 0 Å². The summed E-state index contributed by atoms with van der Waals surface area (Å²) in [6.45, 7) is 3.98. The van der Waals surface area contributed by atoms with E-state index < -0.39 is 0 Å². The lowest BCUT2D eigenvalue weighted by atomic mass is 9.90. The van der Waals surface area contributed by atoms with Crippen molar-refractivity contribution in [1.29, 1.82) is 0 Å². The van der Waals surface area contributed by atoms with E-state index in [1.165, 1.54) is 27.4 Å². The Morgan fingerprint density at radius 3 is 1.67 bits per heavy atom. The normalized spacial score (nSPS) is 11.3. The summed E-state index contributed by atoms with van der Waals surface area (Å²) in [5, 5.41) is 2.38. The molecule has 0 radical (unpaired) electrons. The van der Waals surface area contributed by atoms with Gasteiger partial charge in [0.05, 0.1) is 10.8 Å². The third-order valence-electron chi connectivity index (χ3n) is 4.82. The molecule has 0 spiro atoms. The Morgan fingerprint density at radius 2 is 1.17 bits per heavy atom. The van der Waals surface area contributed by atoms with Gasteiger partial charge < -0.3 is 0 Å². The quantitative estimate of drug-likeness (QED) is 0.334. The first kappa shape index (κ1) is 14.8. The molecule has 1 heterocycles. The minimum Gasteiger partial charge on any atom is -0.207 e. The largest absolute Gasteiger partial charge is 0.213 e. The number of pyridine rings is 1. The van der Waals surface area contributed by atoms with Gasteiger partial charge in [0.25, 0.3) is 0 Å². The molecule has 0 atom stereocenters. The van der Waals surface area contributed by atoms with E-state index in [9.17, 15) is 4.39 Å². The van der Waals surface area contributed by atoms with Gasteiger partial charge in [0.15, 0.2) is 0 Å². The molecule has 0 fully saturated rings. The second-order valence-electron chi connectivity index (χ2n) is 6.38. The number of fused-ring (bicyclic) bond motifs is 2. The lowest BCUT2D eigenvalue weighted by Gasteiger charge is -2.15. The summed E-state index contributed by atoms with van der Waals surface area (Å²) in [7, 11) is 2.10. The average Bonchev–Trinajstić information content (AvgIpc) is 2.57. The highest BCUT2D eigenvalue weighted by Gasteiger charge is 2.20. The number of hydrogen-bond donors (Lipinski definition) is 0. The Labute approximate surface area is 141 Å². The molecular weight excluding hydrogens is 297 g/mol. The number of hydrogen-bond acceptors (Lipinski definition) is 0. The molecule has 1 nitrogen and oxygen atoms in total. The van der Waals surface area contributed by atoms with Gasteiger partial charge in [-0.15, -0.1) is 0 Å². The Hall–Kier alpha value is -2.74. The van der Waals surface area contributed by atoms with Crippen LogP contribution in [0.2, 0.25) is 0 Å². The molecular formula is C22H19FN+. The standard InChI is InChI=1S/C22H19FN/c1-14-12-16(23)13-15(2)21(14)22-17-8-4-6-10-19(17)24(3)20-11-7-5-9-18(20)22/h4-13H,1-3H3/q+1.